The van der Waals surface area contributed by atoms with Crippen molar-refractivity contribution in [3.63, 3.8) is 0 Å². The molecule has 0 bridgehead atoms. The lowest BCUT2D eigenvalue weighted by Gasteiger charge is -2.39. The van der Waals surface area contributed by atoms with Gasteiger partial charge in [0.15, 0.2) is 0 Å². The monoisotopic (exact) mass is 923 g/mol. The first-order chi connectivity index (χ1) is 32.7. The van der Waals surface area contributed by atoms with Crippen LogP contribution in [0.5, 0.6) is 0 Å². The van der Waals surface area contributed by atoms with Crippen LogP contribution in [0.2, 0.25) is 0 Å². The van der Waals surface area contributed by atoms with E-state index < -0.39 is 0 Å². The molecule has 0 radical (unpaired) electrons. The lowest BCUT2D eigenvalue weighted by molar-refractivity contribution is -0.148. The van der Waals surface area contributed by atoms with Crippen LogP contribution in [-0.2, 0) is 30.4 Å². The fourth-order valence-corrected chi connectivity index (χ4v) is 7.51. The minimum absolute atomic E-state index is 0.0659. The minimum atomic E-state index is -0.364. The molecule has 10 N–H and O–H groups in total. The van der Waals surface area contributed by atoms with E-state index in [0.29, 0.717) is 12.5 Å². The summed E-state index contributed by atoms with van der Waals surface area (Å²) in [7, 11) is 2.83. The van der Waals surface area contributed by atoms with Crippen molar-refractivity contribution < 1.29 is 23.9 Å². The van der Waals surface area contributed by atoms with E-state index in [-0.39, 0.29) is 65.8 Å². The zero-order valence-electron chi connectivity index (χ0n) is 40.8. The molecule has 0 aliphatic carbocycles. The average molecular weight is 923 g/mol. The number of amides is 1. The molecule has 1 amide bonds. The lowest BCUT2D eigenvalue weighted by atomic mass is 9.90. The number of hydrogen-bond acceptors (Lipinski definition) is 10. The first-order valence-corrected chi connectivity index (χ1v) is 23.1. The van der Waals surface area contributed by atoms with Gasteiger partial charge in [0.25, 0.3) is 0 Å². The highest BCUT2D eigenvalue weighted by Crippen LogP contribution is 2.37. The standard InChI is InChI=1S/C26H29NO2.C11H15NO2.C10H14N2O.C10H16N2/c1-20(26(28)29-3)25(24-17-11-6-12-18-24)27(19-22-13-7-4-8-14-22)21(2)23-15-9-5-10-16-23;1-8(11(13)14-2)10(12)9-6-4-3-5-7-9;1-7(10(12)13)9(11)8-5-3-2-4-6-8;1-8(7-11)10(12)9-5-3-2-4-6-9/h4-18,20-21,25H,19H2,1-3H3;3-8,10H,12H2,1-2H3;2-7,9H,11H2,1H3,(H2,12,13);2-6,8,10H,7,11-12H2,1H3/t20-,21-,25?;8-,10?;7-,9+;8-,10-/m0001/s1. The SMILES string of the molecule is COC(=O)[C@@H](C)C(N)c1ccccc1.COC(=O)[C@@H](C)C(c1ccccc1)N(Cc1ccccc1)[C@@H](C)c1ccccc1.C[C@H](C(N)=O)[C@@H](N)c1ccccc1.C[C@H](CN)[C@@H](N)c1ccccc1. The molecule has 0 saturated heterocycles. The summed E-state index contributed by atoms with van der Waals surface area (Å²) in [6.45, 7) is 11.1. The highest BCUT2D eigenvalue weighted by Gasteiger charge is 2.34. The van der Waals surface area contributed by atoms with Crippen molar-refractivity contribution in [1.82, 2.24) is 4.90 Å². The van der Waals surface area contributed by atoms with E-state index in [0.717, 1.165) is 28.8 Å². The van der Waals surface area contributed by atoms with Crippen molar-refractivity contribution in [2.24, 2.45) is 52.3 Å². The number of methoxy groups -OCH3 is 2. The van der Waals surface area contributed by atoms with Crippen molar-refractivity contribution in [2.45, 2.75) is 71.4 Å². The Hall–Kier alpha value is -6.47. The number of hydrogen-bond donors (Lipinski definition) is 5. The second-order valence-corrected chi connectivity index (χ2v) is 16.9. The molecule has 2 unspecified atom stereocenters. The Balaban J connectivity index is 0.000000263. The van der Waals surface area contributed by atoms with E-state index >= 15 is 0 Å². The third-order valence-electron chi connectivity index (χ3n) is 12.2. The highest BCUT2D eigenvalue weighted by atomic mass is 16.5. The van der Waals surface area contributed by atoms with Gasteiger partial charge in [0, 0.05) is 36.8 Å². The minimum Gasteiger partial charge on any atom is -0.469 e. The zero-order valence-corrected chi connectivity index (χ0v) is 40.8. The number of esters is 2. The summed E-state index contributed by atoms with van der Waals surface area (Å²) in [6, 6.07) is 59.7. The molecule has 11 nitrogen and oxygen atoms in total. The number of rotatable bonds is 17. The fraction of sp³-hybridized carbons (Fsp3) is 0.316. The molecule has 0 heterocycles. The molecule has 0 fully saturated rings. The summed E-state index contributed by atoms with van der Waals surface area (Å²) in [4.78, 5) is 37.1. The van der Waals surface area contributed by atoms with Gasteiger partial charge < -0.3 is 38.1 Å². The third-order valence-corrected chi connectivity index (χ3v) is 12.2. The van der Waals surface area contributed by atoms with Gasteiger partial charge in [-0.2, -0.15) is 0 Å². The smallest absolute Gasteiger partial charge is 0.310 e. The highest BCUT2D eigenvalue weighted by molar-refractivity contribution is 5.77. The van der Waals surface area contributed by atoms with Gasteiger partial charge in [0.1, 0.15) is 0 Å². The maximum atomic E-state index is 12.6. The second-order valence-electron chi connectivity index (χ2n) is 16.9. The maximum Gasteiger partial charge on any atom is 0.310 e. The van der Waals surface area contributed by atoms with E-state index in [9.17, 15) is 14.4 Å². The van der Waals surface area contributed by atoms with Crippen molar-refractivity contribution in [3.05, 3.63) is 215 Å². The van der Waals surface area contributed by atoms with Gasteiger partial charge in [-0.05, 0) is 52.8 Å². The summed E-state index contributed by atoms with van der Waals surface area (Å²) in [5.41, 5.74) is 35.0. The number of primary amides is 1. The van der Waals surface area contributed by atoms with Crippen LogP contribution in [0.3, 0.4) is 0 Å². The molecular weight excluding hydrogens is 849 g/mol. The largest absolute Gasteiger partial charge is 0.469 e. The van der Waals surface area contributed by atoms with Crippen molar-refractivity contribution in [1.29, 1.82) is 0 Å². The summed E-state index contributed by atoms with van der Waals surface area (Å²) in [5.74, 6) is -1.45. The molecule has 0 saturated carbocycles. The maximum absolute atomic E-state index is 12.6. The first-order valence-electron chi connectivity index (χ1n) is 23.1. The van der Waals surface area contributed by atoms with E-state index in [4.69, 9.17) is 33.4 Å². The molecule has 362 valence electrons. The van der Waals surface area contributed by atoms with Crippen LogP contribution in [-0.4, -0.2) is 43.5 Å². The van der Waals surface area contributed by atoms with Gasteiger partial charge in [-0.1, -0.05) is 210 Å². The Morgan fingerprint density at radius 2 is 0.779 bits per heavy atom. The van der Waals surface area contributed by atoms with Crippen molar-refractivity contribution >= 4 is 17.8 Å². The van der Waals surface area contributed by atoms with Crippen LogP contribution in [0.4, 0.5) is 0 Å². The quantitative estimate of drug-likeness (QED) is 0.0549. The van der Waals surface area contributed by atoms with E-state index in [2.05, 4.69) is 84.1 Å². The molecule has 9 atom stereocenters. The Kier molecular flexibility index (Phi) is 24.7. The molecule has 0 aliphatic heterocycles. The van der Waals surface area contributed by atoms with Gasteiger partial charge in [-0.3, -0.25) is 19.3 Å². The first kappa shape index (κ1) is 55.9. The van der Waals surface area contributed by atoms with Gasteiger partial charge >= 0.3 is 11.9 Å². The Bertz CT molecular complexity index is 2290. The van der Waals surface area contributed by atoms with Crippen LogP contribution in [0, 0.1) is 23.7 Å². The molecular formula is C57H74N6O5. The normalized spacial score (nSPS) is 14.6. The van der Waals surface area contributed by atoms with Gasteiger partial charge in [-0.15, -0.1) is 0 Å². The summed E-state index contributed by atoms with van der Waals surface area (Å²) >= 11 is 0. The Labute approximate surface area is 405 Å². The van der Waals surface area contributed by atoms with Gasteiger partial charge in [0.2, 0.25) is 5.91 Å². The summed E-state index contributed by atoms with van der Waals surface area (Å²) in [5, 5.41) is 0. The molecule has 0 spiro atoms. The van der Waals surface area contributed by atoms with E-state index in [1.807, 2.05) is 128 Å². The molecule has 6 aromatic carbocycles. The van der Waals surface area contributed by atoms with Crippen LogP contribution < -0.4 is 28.7 Å². The third kappa shape index (κ3) is 17.6. The fourth-order valence-electron chi connectivity index (χ4n) is 7.51. The molecule has 11 heteroatoms. The number of carbonyl (C=O) groups excluding carboxylic acids is 3. The van der Waals surface area contributed by atoms with Crippen LogP contribution in [0.1, 0.15) is 98.2 Å². The number of nitrogens with zero attached hydrogens (tertiary/aromatic N) is 1. The second kappa shape index (κ2) is 30.0. The molecule has 0 aliphatic rings. The predicted molar refractivity (Wildman–Crippen MR) is 275 cm³/mol. The summed E-state index contributed by atoms with van der Waals surface area (Å²) < 4.78 is 9.77. The number of nitrogens with two attached hydrogens (primary N) is 5. The zero-order chi connectivity index (χ0) is 50.0. The molecule has 6 rings (SSSR count). The number of ether oxygens (including phenoxy) is 2. The van der Waals surface area contributed by atoms with Crippen LogP contribution in [0.25, 0.3) is 0 Å². The predicted octanol–water partition coefficient (Wildman–Crippen LogP) is 9.38. The average Bonchev–Trinajstić information content (AvgIpc) is 3.40. The molecule has 68 heavy (non-hydrogen) atoms. The molecule has 0 aromatic heterocycles. The van der Waals surface area contributed by atoms with Crippen molar-refractivity contribution in [3.8, 4) is 0 Å². The van der Waals surface area contributed by atoms with Gasteiger partial charge in [0.05, 0.1) is 32.0 Å². The van der Waals surface area contributed by atoms with Gasteiger partial charge in [-0.25, -0.2) is 0 Å². The van der Waals surface area contributed by atoms with Crippen LogP contribution >= 0.6 is 0 Å². The lowest BCUT2D eigenvalue weighted by Crippen LogP contribution is -2.37. The molecule has 6 aromatic rings. The Morgan fingerprint density at radius 3 is 1.15 bits per heavy atom. The van der Waals surface area contributed by atoms with E-state index in [1.54, 1.807) is 13.8 Å². The Morgan fingerprint density at radius 1 is 0.456 bits per heavy atom. The van der Waals surface area contributed by atoms with E-state index in [1.165, 1.54) is 25.3 Å². The van der Waals surface area contributed by atoms with Crippen LogP contribution in [0.15, 0.2) is 182 Å². The number of benzene rings is 6. The number of carbonyl (C=O) groups is 3. The topological polar surface area (TPSA) is 203 Å². The summed E-state index contributed by atoms with van der Waals surface area (Å²) in [6.07, 6.45) is 0. The van der Waals surface area contributed by atoms with Crippen molar-refractivity contribution in [2.75, 3.05) is 20.8 Å².